The zero-order valence-electron chi connectivity index (χ0n) is 16.5. The number of sulfonamides is 1. The molecule has 2 aromatic rings. The molecule has 0 bridgehead atoms. The lowest BCUT2D eigenvalue weighted by molar-refractivity contribution is -0.130. The van der Waals surface area contributed by atoms with E-state index in [1.807, 2.05) is 39.8 Å². The lowest BCUT2D eigenvalue weighted by Crippen LogP contribution is -2.37. The number of carbonyl (C=O) groups is 1. The van der Waals surface area contributed by atoms with Gasteiger partial charge in [-0.05, 0) is 52.0 Å². The summed E-state index contributed by atoms with van der Waals surface area (Å²) in [7, 11) is -3.76. The van der Waals surface area contributed by atoms with Gasteiger partial charge < -0.3 is 4.90 Å². The van der Waals surface area contributed by atoms with Gasteiger partial charge in [-0.1, -0.05) is 35.4 Å². The molecule has 0 radical (unpaired) electrons. The van der Waals surface area contributed by atoms with Gasteiger partial charge in [0.05, 0.1) is 10.6 Å². The van der Waals surface area contributed by atoms with E-state index < -0.39 is 10.0 Å². The molecular weight excluding hydrogens is 360 g/mol. The van der Waals surface area contributed by atoms with Gasteiger partial charge in [-0.25, -0.2) is 8.42 Å². The number of amides is 1. The Morgan fingerprint density at radius 2 is 1.33 bits per heavy atom. The zero-order chi connectivity index (χ0) is 20.0. The number of nitrogens with zero attached hydrogens (tertiary/aromatic N) is 2. The van der Waals surface area contributed by atoms with Crippen molar-refractivity contribution in [3.63, 3.8) is 0 Å². The Kier molecular flexibility index (Phi) is 7.02. The first-order chi connectivity index (χ1) is 12.8. The molecule has 0 atom stereocenters. The van der Waals surface area contributed by atoms with Crippen LogP contribution in [-0.4, -0.2) is 38.9 Å². The summed E-state index contributed by atoms with van der Waals surface area (Å²) in [5.74, 6) is -0.0452. The van der Waals surface area contributed by atoms with Gasteiger partial charge in [0.15, 0.2) is 0 Å². The molecule has 146 valence electrons. The highest BCUT2D eigenvalue weighted by Crippen LogP contribution is 2.25. The van der Waals surface area contributed by atoms with E-state index in [0.29, 0.717) is 18.8 Å². The van der Waals surface area contributed by atoms with Crippen LogP contribution >= 0.6 is 0 Å². The maximum Gasteiger partial charge on any atom is 0.264 e. The van der Waals surface area contributed by atoms with E-state index in [4.69, 9.17) is 0 Å². The van der Waals surface area contributed by atoms with Crippen LogP contribution in [0.25, 0.3) is 0 Å². The van der Waals surface area contributed by atoms with E-state index in [-0.39, 0.29) is 23.8 Å². The molecule has 0 saturated carbocycles. The lowest BCUT2D eigenvalue weighted by atomic mass is 10.2. The van der Waals surface area contributed by atoms with Crippen molar-refractivity contribution >= 4 is 21.6 Å². The van der Waals surface area contributed by atoms with Crippen molar-refractivity contribution < 1.29 is 13.2 Å². The molecule has 6 heteroatoms. The second-order valence-electron chi connectivity index (χ2n) is 6.54. The topological polar surface area (TPSA) is 57.7 Å². The van der Waals surface area contributed by atoms with Gasteiger partial charge in [0.1, 0.15) is 0 Å². The average Bonchev–Trinajstić information content (AvgIpc) is 2.64. The van der Waals surface area contributed by atoms with Gasteiger partial charge in [-0.3, -0.25) is 9.10 Å². The summed E-state index contributed by atoms with van der Waals surface area (Å²) in [6.07, 6.45) is 0.140. The van der Waals surface area contributed by atoms with Crippen molar-refractivity contribution in [1.29, 1.82) is 0 Å². The molecule has 0 aromatic heterocycles. The van der Waals surface area contributed by atoms with Gasteiger partial charge in [0.25, 0.3) is 10.0 Å². The van der Waals surface area contributed by atoms with Crippen molar-refractivity contribution in [1.82, 2.24) is 4.90 Å². The second-order valence-corrected chi connectivity index (χ2v) is 8.40. The fraction of sp³-hybridized carbons (Fsp3) is 0.381. The Morgan fingerprint density at radius 3 is 1.81 bits per heavy atom. The molecule has 0 fully saturated rings. The molecule has 2 rings (SSSR count). The minimum Gasteiger partial charge on any atom is -0.343 e. The van der Waals surface area contributed by atoms with Crippen LogP contribution in [0.2, 0.25) is 0 Å². The number of hydrogen-bond acceptors (Lipinski definition) is 3. The number of benzene rings is 2. The second kappa shape index (κ2) is 9.04. The lowest BCUT2D eigenvalue weighted by Gasteiger charge is -2.26. The molecule has 5 nitrogen and oxygen atoms in total. The van der Waals surface area contributed by atoms with E-state index >= 15 is 0 Å². The predicted molar refractivity (Wildman–Crippen MR) is 109 cm³/mol. The average molecular weight is 389 g/mol. The fourth-order valence-electron chi connectivity index (χ4n) is 2.87. The molecule has 0 aliphatic carbocycles. The number of hydrogen-bond donors (Lipinski definition) is 0. The first-order valence-corrected chi connectivity index (χ1v) is 10.7. The van der Waals surface area contributed by atoms with Crippen LogP contribution < -0.4 is 4.31 Å². The van der Waals surface area contributed by atoms with Gasteiger partial charge in [0.2, 0.25) is 5.91 Å². The van der Waals surface area contributed by atoms with Crippen LogP contribution in [0.15, 0.2) is 53.4 Å². The molecule has 0 unspecified atom stereocenters. The van der Waals surface area contributed by atoms with Crippen molar-refractivity contribution in [2.75, 3.05) is 23.9 Å². The first-order valence-electron chi connectivity index (χ1n) is 9.23. The molecule has 0 saturated heterocycles. The number of aryl methyl sites for hydroxylation is 2. The van der Waals surface area contributed by atoms with Crippen molar-refractivity contribution in [2.24, 2.45) is 0 Å². The highest BCUT2D eigenvalue weighted by Gasteiger charge is 2.26. The van der Waals surface area contributed by atoms with Crippen LogP contribution in [-0.2, 0) is 14.8 Å². The van der Waals surface area contributed by atoms with E-state index in [1.54, 1.807) is 41.3 Å². The Balaban J connectivity index is 2.36. The van der Waals surface area contributed by atoms with E-state index in [9.17, 15) is 13.2 Å². The molecule has 0 N–H and O–H groups in total. The minimum absolute atomic E-state index is 0.0452. The Hall–Kier alpha value is -2.34. The van der Waals surface area contributed by atoms with Gasteiger partial charge in [-0.15, -0.1) is 0 Å². The monoisotopic (exact) mass is 388 g/mol. The van der Waals surface area contributed by atoms with E-state index in [1.165, 1.54) is 4.31 Å². The molecular formula is C21H28N2O3S. The summed E-state index contributed by atoms with van der Waals surface area (Å²) in [4.78, 5) is 14.3. The zero-order valence-corrected chi connectivity index (χ0v) is 17.3. The van der Waals surface area contributed by atoms with Crippen molar-refractivity contribution in [3.8, 4) is 0 Å². The summed E-state index contributed by atoms with van der Waals surface area (Å²) in [5.41, 5.74) is 2.60. The highest BCUT2D eigenvalue weighted by molar-refractivity contribution is 7.92. The van der Waals surface area contributed by atoms with Crippen LogP contribution in [0, 0.1) is 13.8 Å². The molecule has 2 aromatic carbocycles. The van der Waals surface area contributed by atoms with E-state index in [2.05, 4.69) is 0 Å². The maximum absolute atomic E-state index is 13.3. The quantitative estimate of drug-likeness (QED) is 0.692. The Labute approximate surface area is 162 Å². The molecule has 1 amide bonds. The summed E-state index contributed by atoms with van der Waals surface area (Å²) in [5, 5.41) is 0. The van der Waals surface area contributed by atoms with Gasteiger partial charge >= 0.3 is 0 Å². The van der Waals surface area contributed by atoms with Crippen LogP contribution in [0.3, 0.4) is 0 Å². The number of rotatable bonds is 8. The number of carbonyl (C=O) groups excluding carboxylic acids is 1. The molecule has 0 spiro atoms. The Bertz CT molecular complexity index is 855. The van der Waals surface area contributed by atoms with Crippen molar-refractivity contribution in [2.45, 2.75) is 39.0 Å². The third kappa shape index (κ3) is 5.10. The fourth-order valence-corrected chi connectivity index (χ4v) is 4.33. The summed E-state index contributed by atoms with van der Waals surface area (Å²) in [6, 6.07) is 14.1. The molecule has 27 heavy (non-hydrogen) atoms. The SMILES string of the molecule is CCN(CC)C(=O)CCN(c1ccc(C)cc1)S(=O)(=O)c1ccc(C)cc1. The van der Waals surface area contributed by atoms with Crippen LogP contribution in [0.4, 0.5) is 5.69 Å². The standard InChI is InChI=1S/C21H28N2O3S/c1-5-22(6-2)21(24)15-16-23(19-11-7-17(3)8-12-19)27(25,26)20-13-9-18(4)10-14-20/h7-14H,5-6,15-16H2,1-4H3. The largest absolute Gasteiger partial charge is 0.343 e. The molecule has 0 heterocycles. The Morgan fingerprint density at radius 1 is 0.852 bits per heavy atom. The first kappa shape index (κ1) is 21.0. The van der Waals surface area contributed by atoms with Crippen molar-refractivity contribution in [3.05, 3.63) is 59.7 Å². The maximum atomic E-state index is 13.3. The molecule has 0 aliphatic rings. The third-order valence-corrected chi connectivity index (χ3v) is 6.42. The highest BCUT2D eigenvalue weighted by atomic mass is 32.2. The summed E-state index contributed by atoms with van der Waals surface area (Å²) < 4.78 is 27.8. The third-order valence-electron chi connectivity index (χ3n) is 4.58. The summed E-state index contributed by atoms with van der Waals surface area (Å²) in [6.45, 7) is 9.04. The van der Waals surface area contributed by atoms with E-state index in [0.717, 1.165) is 11.1 Å². The van der Waals surface area contributed by atoms with Gasteiger partial charge in [0, 0.05) is 26.1 Å². The summed E-state index contributed by atoms with van der Waals surface area (Å²) >= 11 is 0. The number of anilines is 1. The molecule has 0 aliphatic heterocycles. The van der Waals surface area contributed by atoms with Gasteiger partial charge in [-0.2, -0.15) is 0 Å². The smallest absolute Gasteiger partial charge is 0.264 e. The van der Waals surface area contributed by atoms with Crippen LogP contribution in [0.1, 0.15) is 31.4 Å². The van der Waals surface area contributed by atoms with Crippen LogP contribution in [0.5, 0.6) is 0 Å². The predicted octanol–water partition coefficient (Wildman–Crippen LogP) is 3.76. The normalized spacial score (nSPS) is 11.3. The minimum atomic E-state index is -3.76.